The van der Waals surface area contributed by atoms with Crippen LogP contribution in [0.5, 0.6) is 11.5 Å². The molecule has 0 aromatic heterocycles. The molecule has 3 aromatic carbocycles. The highest BCUT2D eigenvalue weighted by Gasteiger charge is 2.23. The second-order valence-corrected chi connectivity index (χ2v) is 8.32. The first-order valence-corrected chi connectivity index (χ1v) is 11.5. The highest BCUT2D eigenvalue weighted by Crippen LogP contribution is 2.26. The number of nitrogens with zero attached hydrogens (tertiary/aromatic N) is 2. The van der Waals surface area contributed by atoms with Gasteiger partial charge in [-0.3, -0.25) is 4.79 Å². The molecule has 3 amide bonds. The number of piperazine rings is 1. The van der Waals surface area contributed by atoms with Crippen LogP contribution in [0.1, 0.15) is 15.9 Å². The Morgan fingerprint density at radius 3 is 1.97 bits per heavy atom. The normalized spacial score (nSPS) is 13.2. The number of urea groups is 1. The van der Waals surface area contributed by atoms with Gasteiger partial charge in [0.25, 0.3) is 5.91 Å². The first kappa shape index (κ1) is 23.9. The number of amides is 3. The van der Waals surface area contributed by atoms with E-state index in [0.717, 1.165) is 29.9 Å². The Kier molecular flexibility index (Phi) is 7.40. The van der Waals surface area contributed by atoms with Gasteiger partial charge in [-0.1, -0.05) is 18.2 Å². The molecule has 182 valence electrons. The van der Waals surface area contributed by atoms with Gasteiger partial charge >= 0.3 is 6.03 Å². The number of hydrogen-bond acceptors (Lipinski definition) is 5. The summed E-state index contributed by atoms with van der Waals surface area (Å²) in [6.45, 7) is 4.80. The van der Waals surface area contributed by atoms with E-state index in [1.54, 1.807) is 32.4 Å². The van der Waals surface area contributed by atoms with Gasteiger partial charge in [-0.2, -0.15) is 0 Å². The van der Waals surface area contributed by atoms with E-state index in [4.69, 9.17) is 9.47 Å². The number of methoxy groups -OCH3 is 2. The lowest BCUT2D eigenvalue weighted by Crippen LogP contribution is -2.48. The minimum absolute atomic E-state index is 0.0852. The predicted octanol–water partition coefficient (Wildman–Crippen LogP) is 4.62. The Labute approximate surface area is 205 Å². The van der Waals surface area contributed by atoms with Crippen LogP contribution in [0, 0.1) is 6.92 Å². The molecule has 1 heterocycles. The molecule has 3 aromatic rings. The number of benzene rings is 3. The molecule has 4 rings (SSSR count). The van der Waals surface area contributed by atoms with Crippen molar-refractivity contribution in [3.8, 4) is 11.5 Å². The Morgan fingerprint density at radius 2 is 1.37 bits per heavy atom. The molecule has 0 bridgehead atoms. The number of anilines is 3. The summed E-state index contributed by atoms with van der Waals surface area (Å²) in [6, 6.07) is 20.2. The van der Waals surface area contributed by atoms with Crippen LogP contribution in [0.15, 0.2) is 66.7 Å². The summed E-state index contributed by atoms with van der Waals surface area (Å²) in [5.74, 6) is 1.26. The smallest absolute Gasteiger partial charge is 0.323 e. The zero-order valence-electron chi connectivity index (χ0n) is 20.2. The fraction of sp³-hybridized carbons (Fsp3) is 0.259. The van der Waals surface area contributed by atoms with Crippen LogP contribution in [0.3, 0.4) is 0 Å². The summed E-state index contributed by atoms with van der Waals surface area (Å²) >= 11 is 0. The molecule has 0 radical (unpaired) electrons. The van der Waals surface area contributed by atoms with Crippen molar-refractivity contribution in [2.45, 2.75) is 6.92 Å². The number of carbonyl (C=O) groups is 2. The van der Waals surface area contributed by atoms with E-state index in [9.17, 15) is 9.59 Å². The Morgan fingerprint density at radius 1 is 0.771 bits per heavy atom. The Balaban J connectivity index is 1.31. The third kappa shape index (κ3) is 5.84. The number of hydrogen-bond donors (Lipinski definition) is 2. The lowest BCUT2D eigenvalue weighted by molar-refractivity contribution is 0.0746. The van der Waals surface area contributed by atoms with E-state index in [0.29, 0.717) is 36.0 Å². The summed E-state index contributed by atoms with van der Waals surface area (Å²) in [4.78, 5) is 29.5. The van der Waals surface area contributed by atoms with Crippen molar-refractivity contribution in [2.75, 3.05) is 55.9 Å². The van der Waals surface area contributed by atoms with E-state index in [1.165, 1.54) is 0 Å². The molecule has 1 saturated heterocycles. The fourth-order valence-corrected chi connectivity index (χ4v) is 4.08. The predicted molar refractivity (Wildman–Crippen MR) is 138 cm³/mol. The zero-order chi connectivity index (χ0) is 24.8. The van der Waals surface area contributed by atoms with Crippen molar-refractivity contribution in [2.24, 2.45) is 0 Å². The quantitative estimate of drug-likeness (QED) is 0.545. The third-order valence-corrected chi connectivity index (χ3v) is 6.04. The topological polar surface area (TPSA) is 83.1 Å². The number of ether oxygens (including phenoxy) is 2. The van der Waals surface area contributed by atoms with E-state index >= 15 is 0 Å². The van der Waals surface area contributed by atoms with E-state index < -0.39 is 0 Å². The largest absolute Gasteiger partial charge is 0.497 e. The van der Waals surface area contributed by atoms with E-state index in [-0.39, 0.29) is 11.9 Å². The van der Waals surface area contributed by atoms with Gasteiger partial charge in [0.05, 0.1) is 14.2 Å². The maximum absolute atomic E-state index is 12.9. The van der Waals surface area contributed by atoms with Crippen LogP contribution in [-0.4, -0.2) is 57.2 Å². The first-order valence-electron chi connectivity index (χ1n) is 11.5. The van der Waals surface area contributed by atoms with Crippen LogP contribution < -0.4 is 25.0 Å². The van der Waals surface area contributed by atoms with Crippen molar-refractivity contribution in [1.29, 1.82) is 0 Å². The first-order chi connectivity index (χ1) is 17.0. The molecule has 2 N–H and O–H groups in total. The van der Waals surface area contributed by atoms with Gasteiger partial charge in [0.1, 0.15) is 11.5 Å². The molecule has 1 aliphatic rings. The average molecular weight is 475 g/mol. The number of rotatable bonds is 6. The maximum atomic E-state index is 12.9. The van der Waals surface area contributed by atoms with Gasteiger partial charge in [-0.15, -0.1) is 0 Å². The van der Waals surface area contributed by atoms with Gasteiger partial charge in [0.15, 0.2) is 0 Å². The van der Waals surface area contributed by atoms with E-state index in [1.807, 2.05) is 60.4 Å². The second kappa shape index (κ2) is 10.8. The fourth-order valence-electron chi connectivity index (χ4n) is 4.08. The van der Waals surface area contributed by atoms with Crippen LogP contribution in [0.4, 0.5) is 21.9 Å². The lowest BCUT2D eigenvalue weighted by atomic mass is 10.1. The molecule has 1 fully saturated rings. The minimum atomic E-state index is -0.364. The highest BCUT2D eigenvalue weighted by molar-refractivity contribution is 6.00. The van der Waals surface area contributed by atoms with Gasteiger partial charge < -0.3 is 29.9 Å². The zero-order valence-corrected chi connectivity index (χ0v) is 20.2. The summed E-state index contributed by atoms with van der Waals surface area (Å²) in [6.07, 6.45) is 0. The summed E-state index contributed by atoms with van der Waals surface area (Å²) in [7, 11) is 3.12. The summed E-state index contributed by atoms with van der Waals surface area (Å²) in [5, 5.41) is 5.63. The second-order valence-electron chi connectivity index (χ2n) is 8.32. The van der Waals surface area contributed by atoms with E-state index in [2.05, 4.69) is 15.5 Å². The highest BCUT2D eigenvalue weighted by atomic mass is 16.5. The maximum Gasteiger partial charge on any atom is 0.323 e. The van der Waals surface area contributed by atoms with Crippen molar-refractivity contribution < 1.29 is 19.1 Å². The SMILES string of the molecule is COc1cc(NC(=O)Nc2ccc(N3CCN(C(=O)c4ccccc4C)CC3)cc2)cc(OC)c1. The van der Waals surface area contributed by atoms with Crippen molar-refractivity contribution >= 4 is 29.0 Å². The van der Waals surface area contributed by atoms with Crippen LogP contribution in [0.25, 0.3) is 0 Å². The molecule has 0 aliphatic carbocycles. The number of nitrogens with one attached hydrogen (secondary N) is 2. The number of carbonyl (C=O) groups excluding carboxylic acids is 2. The van der Waals surface area contributed by atoms with Crippen molar-refractivity contribution in [3.63, 3.8) is 0 Å². The third-order valence-electron chi connectivity index (χ3n) is 6.04. The van der Waals surface area contributed by atoms with Gasteiger partial charge in [0.2, 0.25) is 0 Å². The Bertz CT molecular complexity index is 1170. The minimum Gasteiger partial charge on any atom is -0.497 e. The molecule has 1 aliphatic heterocycles. The molecule has 0 saturated carbocycles. The molecular formula is C27H30N4O4. The van der Waals surface area contributed by atoms with Crippen LogP contribution >= 0.6 is 0 Å². The number of aryl methyl sites for hydroxylation is 1. The molecular weight excluding hydrogens is 444 g/mol. The standard InChI is InChI=1S/C27H30N4O4/c1-19-6-4-5-7-25(19)26(32)31-14-12-30(13-15-31)22-10-8-20(9-11-22)28-27(33)29-21-16-23(34-2)18-24(17-21)35-3/h4-11,16-18H,12-15H2,1-3H3,(H2,28,29,33). The molecule has 0 unspecified atom stereocenters. The van der Waals surface area contributed by atoms with Crippen LogP contribution in [0.2, 0.25) is 0 Å². The molecule has 35 heavy (non-hydrogen) atoms. The monoisotopic (exact) mass is 474 g/mol. The lowest BCUT2D eigenvalue weighted by Gasteiger charge is -2.36. The molecule has 8 heteroatoms. The van der Waals surface area contributed by atoms with Crippen LogP contribution in [-0.2, 0) is 0 Å². The van der Waals surface area contributed by atoms with Crippen molar-refractivity contribution in [1.82, 2.24) is 4.90 Å². The van der Waals surface area contributed by atoms with Crippen molar-refractivity contribution in [3.05, 3.63) is 77.9 Å². The average Bonchev–Trinajstić information content (AvgIpc) is 2.88. The molecule has 8 nitrogen and oxygen atoms in total. The summed E-state index contributed by atoms with van der Waals surface area (Å²) < 4.78 is 10.5. The van der Waals surface area contributed by atoms with Gasteiger partial charge in [-0.05, 0) is 42.8 Å². The molecule has 0 spiro atoms. The Hall–Kier alpha value is -4.20. The van der Waals surface area contributed by atoms with Gasteiger partial charge in [0, 0.05) is 67.0 Å². The van der Waals surface area contributed by atoms with Gasteiger partial charge in [-0.25, -0.2) is 4.79 Å². The summed E-state index contributed by atoms with van der Waals surface area (Å²) in [5.41, 5.74) is 4.05. The molecule has 0 atom stereocenters.